The summed E-state index contributed by atoms with van der Waals surface area (Å²) >= 11 is 0. The summed E-state index contributed by atoms with van der Waals surface area (Å²) in [5.41, 5.74) is 3.52. The Kier molecular flexibility index (Phi) is 4.73. The molecule has 28 heavy (non-hydrogen) atoms. The van der Waals surface area contributed by atoms with Crippen LogP contribution in [0.2, 0.25) is 0 Å². The lowest BCUT2D eigenvalue weighted by molar-refractivity contribution is -0.116. The number of carbonyl (C=O) groups is 1. The molecule has 144 valence electrons. The summed E-state index contributed by atoms with van der Waals surface area (Å²) in [5.74, 6) is 1.09. The second kappa shape index (κ2) is 7.34. The third kappa shape index (κ3) is 3.31. The molecule has 1 amide bonds. The average Bonchev–Trinajstić information content (AvgIpc) is 3.07. The number of fused-ring (bicyclic) bond motifs is 1. The molecule has 7 heteroatoms. The van der Waals surface area contributed by atoms with Gasteiger partial charge in [0.05, 0.1) is 7.11 Å². The quantitative estimate of drug-likeness (QED) is 0.702. The molecule has 6 nitrogen and oxygen atoms in total. The number of H-pyrrole nitrogens is 1. The van der Waals surface area contributed by atoms with Gasteiger partial charge in [-0.3, -0.25) is 9.89 Å². The van der Waals surface area contributed by atoms with E-state index in [1.165, 1.54) is 12.1 Å². The summed E-state index contributed by atoms with van der Waals surface area (Å²) in [6.07, 6.45) is 0.285. The minimum absolute atomic E-state index is 0.101. The Morgan fingerprint density at radius 2 is 2.00 bits per heavy atom. The Hall–Kier alpha value is -3.35. The lowest BCUT2D eigenvalue weighted by Gasteiger charge is -2.25. The van der Waals surface area contributed by atoms with Crippen molar-refractivity contribution in [3.63, 3.8) is 0 Å². The fraction of sp³-hybridized carbons (Fsp3) is 0.238. The highest BCUT2D eigenvalue weighted by molar-refractivity contribution is 5.94. The van der Waals surface area contributed by atoms with Gasteiger partial charge in [-0.05, 0) is 30.7 Å². The molecule has 4 rings (SSSR count). The number of aromatic nitrogens is 2. The monoisotopic (exact) mass is 381 g/mol. The molecule has 1 aliphatic heterocycles. The van der Waals surface area contributed by atoms with Crippen molar-refractivity contribution >= 4 is 11.7 Å². The van der Waals surface area contributed by atoms with Crippen LogP contribution in [0.25, 0.3) is 0 Å². The molecule has 2 heterocycles. The Labute approximate surface area is 161 Å². The van der Waals surface area contributed by atoms with Crippen LogP contribution in [0.15, 0.2) is 42.5 Å². The Bertz CT molecular complexity index is 1010. The van der Waals surface area contributed by atoms with Gasteiger partial charge in [0, 0.05) is 29.2 Å². The lowest BCUT2D eigenvalue weighted by atomic mass is 9.85. The maximum atomic E-state index is 13.2. The Balaban J connectivity index is 1.72. The molecule has 0 bridgehead atoms. The third-order valence-corrected chi connectivity index (χ3v) is 4.89. The summed E-state index contributed by atoms with van der Waals surface area (Å²) in [5, 5.41) is 9.93. The molecule has 1 aliphatic rings. The Morgan fingerprint density at radius 1 is 1.21 bits per heavy atom. The van der Waals surface area contributed by atoms with E-state index in [4.69, 9.17) is 9.47 Å². The zero-order valence-electron chi connectivity index (χ0n) is 15.6. The Morgan fingerprint density at radius 3 is 2.75 bits per heavy atom. The second-order valence-corrected chi connectivity index (χ2v) is 6.71. The van der Waals surface area contributed by atoms with Crippen molar-refractivity contribution in [1.82, 2.24) is 10.2 Å². The van der Waals surface area contributed by atoms with E-state index in [0.717, 1.165) is 22.4 Å². The standard InChI is InChI=1S/C21H20FN3O3/c1-12-19-16(10-18(26)23-21(19)25-24-12)15-4-3-5-17(27-2)20(15)28-11-13-6-8-14(22)9-7-13/h3-9,16H,10-11H2,1-2H3,(H2,23,24,25,26). The number of para-hydroxylation sites is 1. The molecule has 2 N–H and O–H groups in total. The number of nitrogens with zero attached hydrogens (tertiary/aromatic N) is 1. The molecule has 1 atom stereocenters. The molecule has 1 aromatic heterocycles. The summed E-state index contributed by atoms with van der Waals surface area (Å²) in [6, 6.07) is 11.8. The van der Waals surface area contributed by atoms with Crippen LogP contribution in [0, 0.1) is 12.7 Å². The minimum Gasteiger partial charge on any atom is -0.493 e. The van der Waals surface area contributed by atoms with Gasteiger partial charge >= 0.3 is 0 Å². The van der Waals surface area contributed by atoms with Gasteiger partial charge in [-0.25, -0.2) is 4.39 Å². The van der Waals surface area contributed by atoms with Crippen LogP contribution in [-0.2, 0) is 11.4 Å². The van der Waals surface area contributed by atoms with E-state index in [0.29, 0.717) is 17.3 Å². The van der Waals surface area contributed by atoms with E-state index < -0.39 is 0 Å². The van der Waals surface area contributed by atoms with E-state index >= 15 is 0 Å². The number of rotatable bonds is 5. The molecule has 0 fully saturated rings. The second-order valence-electron chi connectivity index (χ2n) is 6.71. The predicted octanol–water partition coefficient (Wildman–Crippen LogP) is 3.92. The van der Waals surface area contributed by atoms with Crippen LogP contribution in [0.5, 0.6) is 11.5 Å². The number of benzene rings is 2. The van der Waals surface area contributed by atoms with Crippen molar-refractivity contribution in [3.05, 3.63) is 70.7 Å². The number of halogens is 1. The highest BCUT2D eigenvalue weighted by Gasteiger charge is 2.33. The number of ether oxygens (including phenoxy) is 2. The molecule has 1 unspecified atom stereocenters. The number of amides is 1. The molecule has 0 saturated carbocycles. The van der Waals surface area contributed by atoms with Gasteiger partial charge < -0.3 is 14.8 Å². The lowest BCUT2D eigenvalue weighted by Crippen LogP contribution is -2.24. The number of aromatic amines is 1. The first-order valence-electron chi connectivity index (χ1n) is 8.95. The van der Waals surface area contributed by atoms with Crippen molar-refractivity contribution in [2.24, 2.45) is 0 Å². The zero-order valence-corrected chi connectivity index (χ0v) is 15.6. The molecule has 0 spiro atoms. The van der Waals surface area contributed by atoms with E-state index in [9.17, 15) is 9.18 Å². The van der Waals surface area contributed by atoms with E-state index in [1.807, 2.05) is 25.1 Å². The predicted molar refractivity (Wildman–Crippen MR) is 102 cm³/mol. The molecule has 0 radical (unpaired) electrons. The van der Waals surface area contributed by atoms with Gasteiger partial charge in [-0.1, -0.05) is 24.3 Å². The van der Waals surface area contributed by atoms with Gasteiger partial charge in [-0.2, -0.15) is 5.10 Å². The van der Waals surface area contributed by atoms with Crippen LogP contribution in [0.1, 0.15) is 34.7 Å². The fourth-order valence-corrected chi connectivity index (χ4v) is 3.55. The number of hydrogen-bond donors (Lipinski definition) is 2. The van der Waals surface area contributed by atoms with Crippen molar-refractivity contribution < 1.29 is 18.7 Å². The molecule has 2 aromatic carbocycles. The molecule has 0 saturated heterocycles. The largest absolute Gasteiger partial charge is 0.493 e. The summed E-state index contributed by atoms with van der Waals surface area (Å²) in [7, 11) is 1.58. The van der Waals surface area contributed by atoms with Gasteiger partial charge in [0.1, 0.15) is 12.4 Å². The van der Waals surface area contributed by atoms with Crippen LogP contribution in [0.3, 0.4) is 0 Å². The van der Waals surface area contributed by atoms with Crippen LogP contribution >= 0.6 is 0 Å². The molecule has 3 aromatic rings. The maximum absolute atomic E-state index is 13.2. The molecular formula is C21H20FN3O3. The van der Waals surface area contributed by atoms with E-state index in [1.54, 1.807) is 19.2 Å². The number of hydrogen-bond acceptors (Lipinski definition) is 4. The highest BCUT2D eigenvalue weighted by atomic mass is 19.1. The average molecular weight is 381 g/mol. The van der Waals surface area contributed by atoms with E-state index in [2.05, 4.69) is 15.5 Å². The first kappa shape index (κ1) is 18.0. The fourth-order valence-electron chi connectivity index (χ4n) is 3.55. The topological polar surface area (TPSA) is 76.2 Å². The summed E-state index contributed by atoms with van der Waals surface area (Å²) in [4.78, 5) is 12.2. The van der Waals surface area contributed by atoms with Gasteiger partial charge in [0.2, 0.25) is 5.91 Å². The van der Waals surface area contributed by atoms with Crippen LogP contribution in [-0.4, -0.2) is 23.2 Å². The number of aryl methyl sites for hydroxylation is 1. The molecular weight excluding hydrogens is 361 g/mol. The maximum Gasteiger partial charge on any atom is 0.226 e. The summed E-state index contributed by atoms with van der Waals surface area (Å²) < 4.78 is 24.7. The molecule has 0 aliphatic carbocycles. The smallest absolute Gasteiger partial charge is 0.226 e. The number of carbonyl (C=O) groups excluding carboxylic acids is 1. The summed E-state index contributed by atoms with van der Waals surface area (Å²) in [6.45, 7) is 2.18. The SMILES string of the molecule is COc1cccc(C2CC(=O)Nc3n[nH]c(C)c32)c1OCc1ccc(F)cc1. The van der Waals surface area contributed by atoms with Crippen molar-refractivity contribution in [1.29, 1.82) is 0 Å². The first-order chi connectivity index (χ1) is 13.6. The van der Waals surface area contributed by atoms with Gasteiger partial charge in [0.15, 0.2) is 17.3 Å². The van der Waals surface area contributed by atoms with Crippen molar-refractivity contribution in [3.8, 4) is 11.5 Å². The number of anilines is 1. The first-order valence-corrected chi connectivity index (χ1v) is 8.95. The number of nitrogens with one attached hydrogen (secondary N) is 2. The van der Waals surface area contributed by atoms with Gasteiger partial charge in [0.25, 0.3) is 0 Å². The van der Waals surface area contributed by atoms with Crippen LogP contribution < -0.4 is 14.8 Å². The highest BCUT2D eigenvalue weighted by Crippen LogP contribution is 2.44. The van der Waals surface area contributed by atoms with Gasteiger partial charge in [-0.15, -0.1) is 0 Å². The van der Waals surface area contributed by atoms with Crippen LogP contribution in [0.4, 0.5) is 10.2 Å². The van der Waals surface area contributed by atoms with Crippen molar-refractivity contribution in [2.45, 2.75) is 25.9 Å². The normalized spacial score (nSPS) is 15.7. The third-order valence-electron chi connectivity index (χ3n) is 4.89. The minimum atomic E-state index is -0.294. The van der Waals surface area contributed by atoms with E-state index in [-0.39, 0.29) is 30.7 Å². The van der Waals surface area contributed by atoms with Crippen molar-refractivity contribution in [2.75, 3.05) is 12.4 Å². The number of methoxy groups -OCH3 is 1. The zero-order chi connectivity index (χ0) is 19.7.